The van der Waals surface area contributed by atoms with Gasteiger partial charge in [-0.3, -0.25) is 14.4 Å². The van der Waals surface area contributed by atoms with E-state index < -0.39 is 6.04 Å². The van der Waals surface area contributed by atoms with Gasteiger partial charge in [-0.25, -0.2) is 4.68 Å². The number of benzene rings is 1. The van der Waals surface area contributed by atoms with Crippen LogP contribution >= 0.6 is 0 Å². The standard InChI is InChI=1S/C23H29N5O3/c1-15-5-7-18(8-6-15)28-22(24)19(14-25-28)21(30)20-4-3-11-27(20)23(31)17-9-12-26(13-10-17)16(2)29/h5-8,14,17,20H,3-4,9-13,24H2,1-2H3/t20-/m1/s1. The van der Waals surface area contributed by atoms with E-state index in [2.05, 4.69) is 5.10 Å². The van der Waals surface area contributed by atoms with Gasteiger partial charge in [-0.05, 0) is 44.7 Å². The molecule has 0 unspecified atom stereocenters. The molecule has 2 saturated heterocycles. The van der Waals surface area contributed by atoms with Gasteiger partial charge in [0, 0.05) is 32.5 Å². The van der Waals surface area contributed by atoms with Crippen molar-refractivity contribution in [2.24, 2.45) is 5.92 Å². The average Bonchev–Trinajstić information content (AvgIpc) is 3.40. The highest BCUT2D eigenvalue weighted by Crippen LogP contribution is 2.29. The third-order valence-corrected chi connectivity index (χ3v) is 6.48. The van der Waals surface area contributed by atoms with Crippen molar-refractivity contribution in [3.8, 4) is 5.69 Å². The van der Waals surface area contributed by atoms with Gasteiger partial charge in [-0.1, -0.05) is 17.7 Å². The van der Waals surface area contributed by atoms with Crippen LogP contribution in [0.5, 0.6) is 0 Å². The van der Waals surface area contributed by atoms with Gasteiger partial charge in [0.15, 0.2) is 5.78 Å². The number of ketones is 1. The topological polar surface area (TPSA) is 102 Å². The fraction of sp³-hybridized carbons (Fsp3) is 0.478. The summed E-state index contributed by atoms with van der Waals surface area (Å²) in [6.45, 7) is 5.32. The number of nitrogens with two attached hydrogens (primary N) is 1. The Labute approximate surface area is 182 Å². The lowest BCUT2D eigenvalue weighted by atomic mass is 9.94. The molecule has 2 aliphatic rings. The summed E-state index contributed by atoms with van der Waals surface area (Å²) in [6, 6.07) is 7.24. The van der Waals surface area contributed by atoms with Crippen LogP contribution < -0.4 is 5.73 Å². The number of Topliss-reactive ketones (excluding diaryl/α,β-unsaturated/α-hetero) is 1. The molecular weight excluding hydrogens is 394 g/mol. The maximum absolute atomic E-state index is 13.3. The zero-order chi connectivity index (χ0) is 22.1. The summed E-state index contributed by atoms with van der Waals surface area (Å²) < 4.78 is 1.56. The van der Waals surface area contributed by atoms with Crippen LogP contribution in [0.25, 0.3) is 5.69 Å². The molecule has 3 heterocycles. The smallest absolute Gasteiger partial charge is 0.226 e. The number of aromatic nitrogens is 2. The Hall–Kier alpha value is -3.16. The fourth-order valence-electron chi connectivity index (χ4n) is 4.60. The molecule has 2 fully saturated rings. The maximum Gasteiger partial charge on any atom is 0.226 e. The van der Waals surface area contributed by atoms with Gasteiger partial charge in [0.2, 0.25) is 11.8 Å². The highest BCUT2D eigenvalue weighted by Gasteiger charge is 2.39. The van der Waals surface area contributed by atoms with Gasteiger partial charge in [0.25, 0.3) is 0 Å². The number of aryl methyl sites for hydroxylation is 1. The molecule has 0 radical (unpaired) electrons. The lowest BCUT2D eigenvalue weighted by Gasteiger charge is -2.34. The molecule has 2 amide bonds. The van der Waals surface area contributed by atoms with E-state index in [1.54, 1.807) is 21.4 Å². The molecular formula is C23H29N5O3. The molecule has 0 aliphatic carbocycles. The van der Waals surface area contributed by atoms with Gasteiger partial charge < -0.3 is 15.5 Å². The summed E-state index contributed by atoms with van der Waals surface area (Å²) in [6.07, 6.45) is 4.21. The van der Waals surface area contributed by atoms with Gasteiger partial charge in [-0.2, -0.15) is 5.10 Å². The number of likely N-dealkylation sites (tertiary alicyclic amines) is 2. The van der Waals surface area contributed by atoms with Crippen molar-refractivity contribution in [2.75, 3.05) is 25.4 Å². The predicted molar refractivity (Wildman–Crippen MR) is 117 cm³/mol. The van der Waals surface area contributed by atoms with E-state index in [1.165, 1.54) is 6.20 Å². The first-order valence-corrected chi connectivity index (χ1v) is 10.9. The number of carbonyl (C=O) groups excluding carboxylic acids is 3. The summed E-state index contributed by atoms with van der Waals surface area (Å²) in [4.78, 5) is 41.6. The Morgan fingerprint density at radius 1 is 1.03 bits per heavy atom. The Bertz CT molecular complexity index is 989. The first-order chi connectivity index (χ1) is 14.9. The zero-order valence-electron chi connectivity index (χ0n) is 18.1. The maximum atomic E-state index is 13.3. The molecule has 2 N–H and O–H groups in total. The summed E-state index contributed by atoms with van der Waals surface area (Å²) in [5.74, 6) is 0.0622. The lowest BCUT2D eigenvalue weighted by Crippen LogP contribution is -2.47. The SMILES string of the molecule is CC(=O)N1CCC(C(=O)N2CCC[C@@H]2C(=O)c2cnn(-c3ccc(C)cc3)c2N)CC1. The number of amides is 2. The highest BCUT2D eigenvalue weighted by atomic mass is 16.2. The Morgan fingerprint density at radius 2 is 1.71 bits per heavy atom. The molecule has 31 heavy (non-hydrogen) atoms. The first kappa shape index (κ1) is 21.1. The number of carbonyl (C=O) groups is 3. The van der Waals surface area contributed by atoms with Crippen molar-refractivity contribution in [2.45, 2.75) is 45.6 Å². The van der Waals surface area contributed by atoms with Crippen LogP contribution in [-0.4, -0.2) is 62.9 Å². The van der Waals surface area contributed by atoms with E-state index in [9.17, 15) is 14.4 Å². The van der Waals surface area contributed by atoms with E-state index >= 15 is 0 Å². The third-order valence-electron chi connectivity index (χ3n) is 6.48. The van der Waals surface area contributed by atoms with Crippen LogP contribution in [0.15, 0.2) is 30.5 Å². The third kappa shape index (κ3) is 4.06. The first-order valence-electron chi connectivity index (χ1n) is 10.9. The molecule has 8 heteroatoms. The minimum absolute atomic E-state index is 0.0172. The van der Waals surface area contributed by atoms with Gasteiger partial charge in [-0.15, -0.1) is 0 Å². The quantitative estimate of drug-likeness (QED) is 0.760. The van der Waals surface area contributed by atoms with Crippen molar-refractivity contribution in [3.63, 3.8) is 0 Å². The normalized spacial score (nSPS) is 19.6. The second-order valence-electron chi connectivity index (χ2n) is 8.53. The Kier molecular flexibility index (Phi) is 5.80. The van der Waals surface area contributed by atoms with Crippen molar-refractivity contribution >= 4 is 23.4 Å². The fourth-order valence-corrected chi connectivity index (χ4v) is 4.60. The van der Waals surface area contributed by atoms with E-state index in [4.69, 9.17) is 5.73 Å². The number of rotatable bonds is 4. The number of nitrogen functional groups attached to an aromatic ring is 1. The summed E-state index contributed by atoms with van der Waals surface area (Å²) in [5, 5.41) is 4.32. The molecule has 4 rings (SSSR count). The van der Waals surface area contributed by atoms with Crippen molar-refractivity contribution in [1.29, 1.82) is 0 Å². The predicted octanol–water partition coefficient (Wildman–Crippen LogP) is 2.20. The van der Waals surface area contributed by atoms with Crippen LogP contribution in [-0.2, 0) is 9.59 Å². The molecule has 2 aliphatic heterocycles. The van der Waals surface area contributed by atoms with Gasteiger partial charge in [0.05, 0.1) is 23.5 Å². The number of hydrogen-bond acceptors (Lipinski definition) is 5. The number of piperidine rings is 1. The van der Waals surface area contributed by atoms with Crippen molar-refractivity contribution < 1.29 is 14.4 Å². The molecule has 2 aromatic rings. The molecule has 8 nitrogen and oxygen atoms in total. The molecule has 0 spiro atoms. The van der Waals surface area contributed by atoms with Gasteiger partial charge in [0.1, 0.15) is 5.82 Å². The van der Waals surface area contributed by atoms with Crippen molar-refractivity contribution in [1.82, 2.24) is 19.6 Å². The molecule has 0 saturated carbocycles. The number of anilines is 1. The Balaban J connectivity index is 1.49. The minimum Gasteiger partial charge on any atom is -0.383 e. The zero-order valence-corrected chi connectivity index (χ0v) is 18.1. The monoisotopic (exact) mass is 423 g/mol. The number of nitrogens with zero attached hydrogens (tertiary/aromatic N) is 4. The van der Waals surface area contributed by atoms with Crippen LogP contribution in [0, 0.1) is 12.8 Å². The summed E-state index contributed by atoms with van der Waals surface area (Å²) >= 11 is 0. The second kappa shape index (κ2) is 8.53. The molecule has 1 aromatic heterocycles. The molecule has 1 aromatic carbocycles. The van der Waals surface area contributed by atoms with Gasteiger partial charge >= 0.3 is 0 Å². The van der Waals surface area contributed by atoms with Crippen LogP contribution in [0.3, 0.4) is 0 Å². The highest BCUT2D eigenvalue weighted by molar-refractivity contribution is 6.05. The van der Waals surface area contributed by atoms with E-state index in [0.717, 1.165) is 17.7 Å². The molecule has 0 bridgehead atoms. The minimum atomic E-state index is -0.503. The van der Waals surface area contributed by atoms with Crippen LogP contribution in [0.1, 0.15) is 48.5 Å². The van der Waals surface area contributed by atoms with Crippen LogP contribution in [0.2, 0.25) is 0 Å². The van der Waals surface area contributed by atoms with E-state index in [1.807, 2.05) is 31.2 Å². The lowest BCUT2D eigenvalue weighted by molar-refractivity contribution is -0.140. The molecule has 164 valence electrons. The summed E-state index contributed by atoms with van der Waals surface area (Å²) in [5.41, 5.74) is 8.56. The average molecular weight is 424 g/mol. The number of hydrogen-bond donors (Lipinski definition) is 1. The van der Waals surface area contributed by atoms with E-state index in [0.29, 0.717) is 50.3 Å². The van der Waals surface area contributed by atoms with Crippen molar-refractivity contribution in [3.05, 3.63) is 41.6 Å². The van der Waals surface area contributed by atoms with E-state index in [-0.39, 0.29) is 23.5 Å². The molecule has 1 atom stereocenters. The summed E-state index contributed by atoms with van der Waals surface area (Å²) in [7, 11) is 0. The largest absolute Gasteiger partial charge is 0.383 e. The second-order valence-corrected chi connectivity index (χ2v) is 8.53. The van der Waals surface area contributed by atoms with Crippen LogP contribution in [0.4, 0.5) is 5.82 Å². The Morgan fingerprint density at radius 3 is 2.35 bits per heavy atom.